The van der Waals surface area contributed by atoms with Gasteiger partial charge in [0.15, 0.2) is 6.29 Å². The molecule has 5 nitrogen and oxygen atoms in total. The van der Waals surface area contributed by atoms with Gasteiger partial charge in [-0.05, 0) is 32.6 Å². The summed E-state index contributed by atoms with van der Waals surface area (Å²) in [5, 5.41) is 0. The second-order valence-corrected chi connectivity index (χ2v) is 4.29. The summed E-state index contributed by atoms with van der Waals surface area (Å²) in [5.74, 6) is -0.541. The number of ether oxygens (including phenoxy) is 3. The molecule has 1 fully saturated rings. The van der Waals surface area contributed by atoms with Crippen molar-refractivity contribution < 1.29 is 23.8 Å². The molecule has 5 heteroatoms. The van der Waals surface area contributed by atoms with E-state index in [1.165, 1.54) is 0 Å². The first-order chi connectivity index (χ1) is 8.72. The van der Waals surface area contributed by atoms with Gasteiger partial charge in [0.1, 0.15) is 12.2 Å². The number of carbonyl (C=O) groups excluding carboxylic acids is 2. The maximum atomic E-state index is 11.4. The van der Waals surface area contributed by atoms with Crippen LogP contribution in [0.15, 0.2) is 0 Å². The van der Waals surface area contributed by atoms with E-state index in [0.717, 1.165) is 25.9 Å². The highest BCUT2D eigenvalue weighted by molar-refractivity contribution is 5.95. The van der Waals surface area contributed by atoms with E-state index in [4.69, 9.17) is 14.2 Å². The van der Waals surface area contributed by atoms with Crippen molar-refractivity contribution >= 4 is 11.8 Å². The van der Waals surface area contributed by atoms with Gasteiger partial charge in [-0.25, -0.2) is 0 Å². The molecule has 1 saturated heterocycles. The van der Waals surface area contributed by atoms with E-state index in [2.05, 4.69) is 0 Å². The van der Waals surface area contributed by atoms with Gasteiger partial charge in [0.2, 0.25) is 0 Å². The van der Waals surface area contributed by atoms with E-state index >= 15 is 0 Å². The van der Waals surface area contributed by atoms with E-state index in [1.54, 1.807) is 6.92 Å². The number of hydrogen-bond donors (Lipinski definition) is 0. The number of ketones is 1. The van der Waals surface area contributed by atoms with Crippen LogP contribution in [-0.4, -0.2) is 37.9 Å². The molecule has 0 spiro atoms. The quantitative estimate of drug-likeness (QED) is 0.377. The normalized spacial score (nSPS) is 19.5. The first kappa shape index (κ1) is 15.1. The number of rotatable bonds is 8. The van der Waals surface area contributed by atoms with Crippen molar-refractivity contribution in [1.29, 1.82) is 0 Å². The third kappa shape index (κ3) is 6.71. The summed E-state index contributed by atoms with van der Waals surface area (Å²) >= 11 is 0. The predicted octanol–water partition coefficient (Wildman–Crippen LogP) is 1.83. The van der Waals surface area contributed by atoms with Crippen LogP contribution in [0.5, 0.6) is 0 Å². The van der Waals surface area contributed by atoms with Crippen molar-refractivity contribution in [3.8, 4) is 0 Å². The highest BCUT2D eigenvalue weighted by atomic mass is 16.7. The molecule has 0 bridgehead atoms. The van der Waals surface area contributed by atoms with Crippen LogP contribution >= 0.6 is 0 Å². The van der Waals surface area contributed by atoms with Gasteiger partial charge in [-0.15, -0.1) is 0 Å². The molecule has 0 N–H and O–H groups in total. The Morgan fingerprint density at radius 2 is 2.17 bits per heavy atom. The molecule has 0 aromatic heterocycles. The maximum Gasteiger partial charge on any atom is 0.313 e. The van der Waals surface area contributed by atoms with Crippen molar-refractivity contribution in [3.63, 3.8) is 0 Å². The summed E-state index contributed by atoms with van der Waals surface area (Å²) in [6, 6.07) is 0. The van der Waals surface area contributed by atoms with Gasteiger partial charge in [-0.2, -0.15) is 0 Å². The molecule has 1 aliphatic rings. The van der Waals surface area contributed by atoms with Crippen molar-refractivity contribution in [2.24, 2.45) is 0 Å². The molecule has 1 atom stereocenters. The average molecular weight is 258 g/mol. The summed E-state index contributed by atoms with van der Waals surface area (Å²) in [7, 11) is 0. The monoisotopic (exact) mass is 258 g/mol. The van der Waals surface area contributed by atoms with Crippen LogP contribution in [0.2, 0.25) is 0 Å². The highest BCUT2D eigenvalue weighted by Crippen LogP contribution is 2.14. The molecule has 1 heterocycles. The molecule has 0 aliphatic carbocycles. The Balaban J connectivity index is 1.99. The third-order valence-corrected chi connectivity index (χ3v) is 2.69. The van der Waals surface area contributed by atoms with Crippen LogP contribution in [-0.2, 0) is 23.8 Å². The summed E-state index contributed by atoms with van der Waals surface area (Å²) < 4.78 is 15.6. The minimum absolute atomic E-state index is 0.0957. The molecule has 1 rings (SSSR count). The molecule has 0 aromatic rings. The topological polar surface area (TPSA) is 61.8 Å². The van der Waals surface area contributed by atoms with E-state index < -0.39 is 5.97 Å². The van der Waals surface area contributed by atoms with Gasteiger partial charge in [-0.1, -0.05) is 0 Å². The van der Waals surface area contributed by atoms with Crippen LogP contribution in [0.25, 0.3) is 0 Å². The van der Waals surface area contributed by atoms with Crippen molar-refractivity contribution in [1.82, 2.24) is 0 Å². The van der Waals surface area contributed by atoms with E-state index in [1.807, 2.05) is 0 Å². The molecular formula is C13H22O5. The summed E-state index contributed by atoms with van der Waals surface area (Å²) in [5.41, 5.74) is 0. The lowest BCUT2D eigenvalue weighted by Crippen LogP contribution is -2.22. The molecule has 104 valence electrons. The van der Waals surface area contributed by atoms with Crippen molar-refractivity contribution in [2.45, 2.75) is 51.7 Å². The summed E-state index contributed by atoms with van der Waals surface area (Å²) in [4.78, 5) is 22.4. The van der Waals surface area contributed by atoms with Gasteiger partial charge >= 0.3 is 5.97 Å². The molecule has 18 heavy (non-hydrogen) atoms. The third-order valence-electron chi connectivity index (χ3n) is 2.69. The lowest BCUT2D eigenvalue weighted by molar-refractivity contribution is -0.163. The molecule has 1 aliphatic heterocycles. The fraction of sp³-hybridized carbons (Fsp3) is 0.846. The second kappa shape index (κ2) is 9.05. The van der Waals surface area contributed by atoms with Crippen LogP contribution < -0.4 is 0 Å². The number of esters is 1. The van der Waals surface area contributed by atoms with E-state index in [0.29, 0.717) is 26.1 Å². The standard InChI is InChI=1S/C13H22O5/c1-2-16-12(15)10-11(14)6-5-9-18-13-7-3-4-8-17-13/h13H,2-10H2,1H3. The minimum atomic E-state index is -0.445. The molecular weight excluding hydrogens is 236 g/mol. The molecule has 1 unspecified atom stereocenters. The van der Waals surface area contributed by atoms with Crippen molar-refractivity contribution in [3.05, 3.63) is 0 Å². The zero-order valence-electron chi connectivity index (χ0n) is 11.0. The van der Waals surface area contributed by atoms with Crippen LogP contribution in [0.3, 0.4) is 0 Å². The number of hydrogen-bond acceptors (Lipinski definition) is 5. The molecule has 0 amide bonds. The average Bonchev–Trinajstić information content (AvgIpc) is 2.36. The fourth-order valence-electron chi connectivity index (χ4n) is 1.79. The number of carbonyl (C=O) groups is 2. The molecule has 0 aromatic carbocycles. The van der Waals surface area contributed by atoms with Crippen LogP contribution in [0.1, 0.15) is 45.4 Å². The van der Waals surface area contributed by atoms with Gasteiger partial charge < -0.3 is 14.2 Å². The lowest BCUT2D eigenvalue weighted by atomic mass is 10.2. The Kier molecular flexibility index (Phi) is 7.60. The largest absolute Gasteiger partial charge is 0.466 e. The van der Waals surface area contributed by atoms with Crippen LogP contribution in [0.4, 0.5) is 0 Å². The van der Waals surface area contributed by atoms with Crippen molar-refractivity contribution in [2.75, 3.05) is 19.8 Å². The maximum absolute atomic E-state index is 11.4. The Hall–Kier alpha value is -0.940. The lowest BCUT2D eigenvalue weighted by Gasteiger charge is -2.22. The van der Waals surface area contributed by atoms with Crippen LogP contribution in [0, 0.1) is 0 Å². The minimum Gasteiger partial charge on any atom is -0.466 e. The van der Waals surface area contributed by atoms with E-state index in [9.17, 15) is 9.59 Å². The predicted molar refractivity (Wildman–Crippen MR) is 65.0 cm³/mol. The summed E-state index contributed by atoms with van der Waals surface area (Å²) in [6.07, 6.45) is 3.89. The molecule has 0 radical (unpaired) electrons. The fourth-order valence-corrected chi connectivity index (χ4v) is 1.79. The highest BCUT2D eigenvalue weighted by Gasteiger charge is 2.14. The Bertz CT molecular complexity index is 258. The van der Waals surface area contributed by atoms with E-state index in [-0.39, 0.29) is 18.5 Å². The zero-order chi connectivity index (χ0) is 13.2. The molecule has 0 saturated carbocycles. The van der Waals surface area contributed by atoms with Gasteiger partial charge in [-0.3, -0.25) is 9.59 Å². The second-order valence-electron chi connectivity index (χ2n) is 4.29. The Morgan fingerprint density at radius 1 is 1.33 bits per heavy atom. The SMILES string of the molecule is CCOC(=O)CC(=O)CCCOC1CCCCO1. The first-order valence-corrected chi connectivity index (χ1v) is 6.63. The van der Waals surface area contributed by atoms with Gasteiger partial charge in [0, 0.05) is 13.0 Å². The Labute approximate surface area is 108 Å². The summed E-state index contributed by atoms with van der Waals surface area (Å²) in [6.45, 7) is 3.29. The zero-order valence-corrected chi connectivity index (χ0v) is 11.0. The number of Topliss-reactive ketones (excluding diaryl/α,β-unsaturated/α-hetero) is 1. The Morgan fingerprint density at radius 3 is 2.83 bits per heavy atom. The smallest absolute Gasteiger partial charge is 0.313 e. The van der Waals surface area contributed by atoms with Gasteiger partial charge in [0.25, 0.3) is 0 Å². The first-order valence-electron chi connectivity index (χ1n) is 6.63. The van der Waals surface area contributed by atoms with Gasteiger partial charge in [0.05, 0.1) is 13.2 Å².